The molecule has 0 saturated carbocycles. The number of aromatic nitrogens is 2. The highest BCUT2D eigenvalue weighted by atomic mass is 31.2. The first-order valence-corrected chi connectivity index (χ1v) is 10.6. The molecule has 2 unspecified atom stereocenters. The molecule has 0 aliphatic rings. The van der Waals surface area contributed by atoms with Crippen LogP contribution in [-0.4, -0.2) is 28.3 Å². The van der Waals surface area contributed by atoms with Crippen LogP contribution in [0.5, 0.6) is 0 Å². The fourth-order valence-electron chi connectivity index (χ4n) is 1.50. The van der Waals surface area contributed by atoms with Gasteiger partial charge in [0, 0.05) is 18.3 Å². The predicted octanol–water partition coefficient (Wildman–Crippen LogP) is 1.98. The summed E-state index contributed by atoms with van der Waals surface area (Å²) in [6, 6.07) is 0. The molecule has 1 rings (SSSR count). The van der Waals surface area contributed by atoms with Crippen LogP contribution in [0, 0.1) is 6.92 Å². The van der Waals surface area contributed by atoms with E-state index < -0.39 is 34.1 Å². The second-order valence-electron chi connectivity index (χ2n) is 4.32. The third-order valence-corrected chi connectivity index (χ3v) is 6.52. The Morgan fingerprint density at radius 1 is 1.26 bits per heavy atom. The normalized spacial score (nSPS) is 15.3. The molecule has 0 spiro atoms. The van der Waals surface area contributed by atoms with Crippen LogP contribution < -0.4 is 11.2 Å². The third kappa shape index (κ3) is 6.65. The maximum Gasteiger partial charge on any atom is 0.354 e. The number of hydrogen-bond acceptors (Lipinski definition) is 7. The van der Waals surface area contributed by atoms with Gasteiger partial charge in [0.25, 0.3) is 5.56 Å². The molecule has 0 aromatic carbocycles. The predicted molar refractivity (Wildman–Crippen MR) is 89.3 cm³/mol. The summed E-state index contributed by atoms with van der Waals surface area (Å²) in [6.45, 7) is 1.63. The number of nitrogens with zero attached hydrogens (tertiary/aromatic N) is 1. The molecule has 1 aromatic heterocycles. The molecule has 1 N–H and O–H groups in total. The molecule has 0 radical (unpaired) electrons. The first kappa shape index (κ1) is 19.6. The van der Waals surface area contributed by atoms with E-state index in [9.17, 15) is 23.3 Å². The van der Waals surface area contributed by atoms with Crippen molar-refractivity contribution in [3.05, 3.63) is 44.8 Å². The van der Waals surface area contributed by atoms with Gasteiger partial charge in [-0.2, -0.15) is 0 Å². The van der Waals surface area contributed by atoms with Gasteiger partial charge in [0.15, 0.2) is 0 Å². The molecule has 1 aromatic rings. The zero-order valence-electron chi connectivity index (χ0n) is 12.2. The van der Waals surface area contributed by atoms with Gasteiger partial charge in [-0.05, 0) is 19.5 Å². The van der Waals surface area contributed by atoms with E-state index in [4.69, 9.17) is 0 Å². The lowest BCUT2D eigenvalue weighted by atomic mass is 10.4. The molecule has 12 heteroatoms. The molecular formula is C11H15N2O7P3. The van der Waals surface area contributed by atoms with Gasteiger partial charge in [0.05, 0.1) is 6.16 Å². The average molecular weight is 380 g/mol. The lowest BCUT2D eigenvalue weighted by Gasteiger charge is -2.09. The standard InChI is InChI=1S/C11H15N2O7P3/c1-9-8-13(11(15)12-10(9)14)6-4-5-7-23(18,19-21(2)16)20-22(3)17/h4-5,8H,2-3,6-7H2,1H3,(H,12,14,15)/b5-4-. The second kappa shape index (κ2) is 8.39. The fourth-order valence-corrected chi connectivity index (χ4v) is 5.05. The number of hydrogen-bond donors (Lipinski definition) is 1. The number of H-pyrrole nitrogens is 1. The molecule has 0 aliphatic heterocycles. The van der Waals surface area contributed by atoms with Crippen LogP contribution in [0.1, 0.15) is 5.56 Å². The molecule has 0 fully saturated rings. The number of allylic oxidation sites excluding steroid dienone is 2. The Morgan fingerprint density at radius 2 is 1.83 bits per heavy atom. The highest BCUT2D eigenvalue weighted by Crippen LogP contribution is 2.56. The smallest absolute Gasteiger partial charge is 0.297 e. The summed E-state index contributed by atoms with van der Waals surface area (Å²) in [6.07, 6.45) is 9.97. The van der Waals surface area contributed by atoms with Crippen molar-refractivity contribution in [2.24, 2.45) is 0 Å². The van der Waals surface area contributed by atoms with E-state index in [0.29, 0.717) is 5.56 Å². The third-order valence-electron chi connectivity index (χ3n) is 2.42. The average Bonchev–Trinajstić information content (AvgIpc) is 2.38. The van der Waals surface area contributed by atoms with E-state index in [1.807, 2.05) is 0 Å². The van der Waals surface area contributed by atoms with Gasteiger partial charge in [-0.15, -0.1) is 0 Å². The zero-order chi connectivity index (χ0) is 17.6. The minimum Gasteiger partial charge on any atom is -0.297 e. The lowest BCUT2D eigenvalue weighted by Crippen LogP contribution is -2.30. The minimum atomic E-state index is -3.91. The van der Waals surface area contributed by atoms with Crippen molar-refractivity contribution < 1.29 is 22.3 Å². The van der Waals surface area contributed by atoms with Crippen LogP contribution in [-0.2, 0) is 28.9 Å². The highest BCUT2D eigenvalue weighted by molar-refractivity contribution is 7.66. The largest absolute Gasteiger partial charge is 0.354 e. The Kier molecular flexibility index (Phi) is 7.13. The van der Waals surface area contributed by atoms with E-state index in [0.717, 1.165) is 0 Å². The van der Waals surface area contributed by atoms with Crippen LogP contribution in [0.15, 0.2) is 27.9 Å². The monoisotopic (exact) mass is 380 g/mol. The summed E-state index contributed by atoms with van der Waals surface area (Å²) >= 11 is 0. The van der Waals surface area contributed by atoms with E-state index in [1.54, 1.807) is 6.92 Å². The molecule has 9 nitrogen and oxygen atoms in total. The summed E-state index contributed by atoms with van der Waals surface area (Å²) in [4.78, 5) is 24.9. The molecule has 0 saturated heterocycles. The van der Waals surface area contributed by atoms with Crippen LogP contribution >= 0.6 is 22.9 Å². The van der Waals surface area contributed by atoms with Crippen molar-refractivity contribution >= 4 is 35.5 Å². The molecule has 0 aliphatic carbocycles. The van der Waals surface area contributed by atoms with Crippen LogP contribution in [0.25, 0.3) is 0 Å². The fraction of sp³-hybridized carbons (Fsp3) is 0.273. The van der Waals surface area contributed by atoms with Crippen molar-refractivity contribution in [1.82, 2.24) is 9.55 Å². The van der Waals surface area contributed by atoms with E-state index in [1.165, 1.54) is 22.9 Å². The van der Waals surface area contributed by atoms with Gasteiger partial charge in [-0.3, -0.25) is 28.0 Å². The first-order chi connectivity index (χ1) is 10.6. The maximum atomic E-state index is 12.2. The molecule has 0 bridgehead atoms. The SMILES string of the molecule is C=P(=O)OP(=O)(C/C=C\Cn1cc(C)c(=O)[nH]c1=O)OP(=C)=O. The molecule has 23 heavy (non-hydrogen) atoms. The summed E-state index contributed by atoms with van der Waals surface area (Å²) in [7, 11) is -8.85. The van der Waals surface area contributed by atoms with Gasteiger partial charge < -0.3 is 0 Å². The van der Waals surface area contributed by atoms with Crippen LogP contribution in [0.2, 0.25) is 0 Å². The Hall–Kier alpha value is -1.49. The lowest BCUT2D eigenvalue weighted by molar-refractivity contribution is 0.404. The Labute approximate surface area is 132 Å². The second-order valence-corrected chi connectivity index (χ2v) is 8.54. The molecular weight excluding hydrogens is 365 g/mol. The van der Waals surface area contributed by atoms with Crippen molar-refractivity contribution in [1.29, 1.82) is 0 Å². The number of rotatable bonds is 8. The van der Waals surface area contributed by atoms with E-state index in [2.05, 4.69) is 26.2 Å². The van der Waals surface area contributed by atoms with Gasteiger partial charge in [0.2, 0.25) is 15.3 Å². The van der Waals surface area contributed by atoms with Crippen LogP contribution in [0.4, 0.5) is 0 Å². The van der Waals surface area contributed by atoms with E-state index >= 15 is 0 Å². The molecule has 126 valence electrons. The molecule has 0 amide bonds. The molecule has 1 heterocycles. The molecule has 2 atom stereocenters. The van der Waals surface area contributed by atoms with Gasteiger partial charge in [-0.1, -0.05) is 12.2 Å². The first-order valence-electron chi connectivity index (χ1n) is 6.12. The highest BCUT2D eigenvalue weighted by Gasteiger charge is 2.25. The van der Waals surface area contributed by atoms with Gasteiger partial charge in [-0.25, -0.2) is 13.4 Å². The quantitative estimate of drug-likeness (QED) is 0.540. The Morgan fingerprint density at radius 3 is 2.35 bits per heavy atom. The van der Waals surface area contributed by atoms with Gasteiger partial charge in [0.1, 0.15) is 0 Å². The summed E-state index contributed by atoms with van der Waals surface area (Å²) in [5.74, 6) is 0. The van der Waals surface area contributed by atoms with Crippen LogP contribution in [0.3, 0.4) is 0 Å². The van der Waals surface area contributed by atoms with Crippen molar-refractivity contribution in [3.63, 3.8) is 0 Å². The van der Waals surface area contributed by atoms with E-state index in [-0.39, 0.29) is 12.7 Å². The van der Waals surface area contributed by atoms with Crippen molar-refractivity contribution in [2.45, 2.75) is 13.5 Å². The van der Waals surface area contributed by atoms with Crippen molar-refractivity contribution in [3.8, 4) is 0 Å². The topological polar surface area (TPSA) is 125 Å². The number of aromatic amines is 1. The summed E-state index contributed by atoms with van der Waals surface area (Å²) < 4.78 is 44.5. The Balaban J connectivity index is 2.84. The number of aryl methyl sites for hydroxylation is 1. The minimum absolute atomic E-state index is 0.0868. The summed E-state index contributed by atoms with van der Waals surface area (Å²) in [5.41, 5.74) is -0.707. The van der Waals surface area contributed by atoms with Gasteiger partial charge >= 0.3 is 13.3 Å². The summed E-state index contributed by atoms with van der Waals surface area (Å²) in [5, 5.41) is 0. The Bertz CT molecular complexity index is 861. The zero-order valence-corrected chi connectivity index (χ0v) is 14.9. The van der Waals surface area contributed by atoms with Crippen molar-refractivity contribution in [2.75, 3.05) is 6.16 Å². The maximum absolute atomic E-state index is 12.2. The number of nitrogens with one attached hydrogen (secondary N) is 1.